The lowest BCUT2D eigenvalue weighted by Gasteiger charge is -2.30. The Kier molecular flexibility index (Phi) is 4.57. The Morgan fingerprint density at radius 1 is 1.40 bits per heavy atom. The monoisotopic (exact) mass is 277 g/mol. The van der Waals surface area contributed by atoms with E-state index in [0.717, 1.165) is 19.4 Å². The molecular formula is C15H23N3O2. The molecule has 1 aromatic rings. The standard InChI is InChI=1S/C15H23N3O2/c1-10(2)14-16-9-12(13(17-14)15(19)20)18-8-6-4-5-7-11(18)3/h9-11H,4-8H2,1-3H3,(H,19,20). The Hall–Kier alpha value is -1.65. The average Bonchev–Trinajstić information content (AvgIpc) is 2.62. The van der Waals surface area contributed by atoms with Crippen molar-refractivity contribution in [3.8, 4) is 0 Å². The van der Waals surface area contributed by atoms with Crippen molar-refractivity contribution in [2.24, 2.45) is 0 Å². The normalized spacial score (nSPS) is 20.0. The van der Waals surface area contributed by atoms with Gasteiger partial charge < -0.3 is 10.0 Å². The van der Waals surface area contributed by atoms with Gasteiger partial charge in [0.2, 0.25) is 0 Å². The van der Waals surface area contributed by atoms with Gasteiger partial charge in [0.15, 0.2) is 5.69 Å². The largest absolute Gasteiger partial charge is 0.476 e. The summed E-state index contributed by atoms with van der Waals surface area (Å²) >= 11 is 0. The molecule has 2 heterocycles. The van der Waals surface area contributed by atoms with Crippen LogP contribution >= 0.6 is 0 Å². The molecule has 0 spiro atoms. The van der Waals surface area contributed by atoms with Crippen LogP contribution in [0.5, 0.6) is 0 Å². The first-order valence-corrected chi connectivity index (χ1v) is 7.37. The molecule has 1 aliphatic rings. The highest BCUT2D eigenvalue weighted by Gasteiger charge is 2.24. The van der Waals surface area contributed by atoms with E-state index in [1.54, 1.807) is 6.20 Å². The van der Waals surface area contributed by atoms with Crippen molar-refractivity contribution in [3.63, 3.8) is 0 Å². The summed E-state index contributed by atoms with van der Waals surface area (Å²) < 4.78 is 0. The van der Waals surface area contributed by atoms with Gasteiger partial charge in [-0.1, -0.05) is 26.7 Å². The minimum Gasteiger partial charge on any atom is -0.476 e. The minimum absolute atomic E-state index is 0.128. The van der Waals surface area contributed by atoms with E-state index in [1.807, 2.05) is 13.8 Å². The van der Waals surface area contributed by atoms with Crippen molar-refractivity contribution in [2.75, 3.05) is 11.4 Å². The summed E-state index contributed by atoms with van der Waals surface area (Å²) in [4.78, 5) is 22.3. The maximum Gasteiger partial charge on any atom is 0.356 e. The third kappa shape index (κ3) is 3.08. The molecule has 2 rings (SSSR count). The van der Waals surface area contributed by atoms with Crippen molar-refractivity contribution in [1.82, 2.24) is 9.97 Å². The van der Waals surface area contributed by atoms with Crippen LogP contribution in [0.4, 0.5) is 5.69 Å². The second kappa shape index (κ2) is 6.20. The molecule has 0 radical (unpaired) electrons. The summed E-state index contributed by atoms with van der Waals surface area (Å²) in [6.07, 6.45) is 6.27. The lowest BCUT2D eigenvalue weighted by molar-refractivity contribution is 0.0690. The highest BCUT2D eigenvalue weighted by molar-refractivity contribution is 5.92. The molecule has 1 N–H and O–H groups in total. The van der Waals surface area contributed by atoms with Gasteiger partial charge >= 0.3 is 5.97 Å². The average molecular weight is 277 g/mol. The van der Waals surface area contributed by atoms with Gasteiger partial charge in [0.05, 0.1) is 11.9 Å². The fraction of sp³-hybridized carbons (Fsp3) is 0.667. The molecule has 110 valence electrons. The van der Waals surface area contributed by atoms with Crippen molar-refractivity contribution in [2.45, 2.75) is 58.4 Å². The number of rotatable bonds is 3. The number of hydrogen-bond acceptors (Lipinski definition) is 4. The molecule has 0 amide bonds. The van der Waals surface area contributed by atoms with Gasteiger partial charge in [-0.05, 0) is 19.8 Å². The fourth-order valence-electron chi connectivity index (χ4n) is 2.67. The first-order valence-electron chi connectivity index (χ1n) is 7.37. The van der Waals surface area contributed by atoms with Crippen LogP contribution in [0.15, 0.2) is 6.20 Å². The first-order chi connectivity index (χ1) is 9.50. The molecule has 5 heteroatoms. The molecule has 1 aliphatic heterocycles. The Bertz CT molecular complexity index is 488. The Morgan fingerprint density at radius 3 is 2.80 bits per heavy atom. The molecule has 1 saturated heterocycles. The number of nitrogens with zero attached hydrogens (tertiary/aromatic N) is 3. The lowest BCUT2D eigenvalue weighted by atomic mass is 10.1. The molecule has 1 aromatic heterocycles. The molecule has 5 nitrogen and oxygen atoms in total. The van der Waals surface area contributed by atoms with E-state index in [9.17, 15) is 9.90 Å². The van der Waals surface area contributed by atoms with Gasteiger partial charge in [0.25, 0.3) is 0 Å². The third-order valence-corrected chi connectivity index (χ3v) is 3.87. The Morgan fingerprint density at radius 2 is 2.15 bits per heavy atom. The topological polar surface area (TPSA) is 66.3 Å². The number of carboxylic acids is 1. The number of carboxylic acid groups (broad SMARTS) is 1. The lowest BCUT2D eigenvalue weighted by Crippen LogP contribution is -2.34. The van der Waals surface area contributed by atoms with Gasteiger partial charge in [-0.15, -0.1) is 0 Å². The van der Waals surface area contributed by atoms with E-state index in [-0.39, 0.29) is 11.6 Å². The van der Waals surface area contributed by atoms with Crippen LogP contribution in [0.2, 0.25) is 0 Å². The SMILES string of the molecule is CC(C)c1ncc(N2CCCCCC2C)c(C(=O)O)n1. The zero-order valence-corrected chi connectivity index (χ0v) is 12.5. The zero-order chi connectivity index (χ0) is 14.7. The number of anilines is 1. The second-order valence-corrected chi connectivity index (χ2v) is 5.81. The van der Waals surface area contributed by atoms with Crippen LogP contribution < -0.4 is 4.90 Å². The second-order valence-electron chi connectivity index (χ2n) is 5.81. The van der Waals surface area contributed by atoms with E-state index in [2.05, 4.69) is 21.8 Å². The first kappa shape index (κ1) is 14.8. The maximum absolute atomic E-state index is 11.5. The summed E-state index contributed by atoms with van der Waals surface area (Å²) in [5.74, 6) is -0.252. The Labute approximate surface area is 120 Å². The van der Waals surface area contributed by atoms with Crippen molar-refractivity contribution in [3.05, 3.63) is 17.7 Å². The highest BCUT2D eigenvalue weighted by Crippen LogP contribution is 2.27. The summed E-state index contributed by atoms with van der Waals surface area (Å²) in [5.41, 5.74) is 0.800. The van der Waals surface area contributed by atoms with Gasteiger partial charge in [-0.2, -0.15) is 0 Å². The van der Waals surface area contributed by atoms with E-state index >= 15 is 0 Å². The summed E-state index contributed by atoms with van der Waals surface area (Å²) in [5, 5.41) is 9.44. The van der Waals surface area contributed by atoms with E-state index in [4.69, 9.17) is 0 Å². The number of aromatic nitrogens is 2. The quantitative estimate of drug-likeness (QED) is 0.919. The number of carbonyl (C=O) groups is 1. The van der Waals surface area contributed by atoms with E-state index < -0.39 is 5.97 Å². The molecule has 1 fully saturated rings. The highest BCUT2D eigenvalue weighted by atomic mass is 16.4. The van der Waals surface area contributed by atoms with Crippen molar-refractivity contribution in [1.29, 1.82) is 0 Å². The number of aromatic carboxylic acids is 1. The van der Waals surface area contributed by atoms with E-state index in [0.29, 0.717) is 17.6 Å². The predicted octanol–water partition coefficient (Wildman–Crippen LogP) is 3.07. The van der Waals surface area contributed by atoms with Crippen LogP contribution in [0.3, 0.4) is 0 Å². The summed E-state index contributed by atoms with van der Waals surface area (Å²) in [6.45, 7) is 6.96. The van der Waals surface area contributed by atoms with Crippen LogP contribution in [-0.4, -0.2) is 33.6 Å². The Balaban J connectivity index is 2.41. The van der Waals surface area contributed by atoms with Crippen LogP contribution in [0, 0.1) is 0 Å². The van der Waals surface area contributed by atoms with Crippen LogP contribution in [-0.2, 0) is 0 Å². The maximum atomic E-state index is 11.5. The molecule has 1 atom stereocenters. The van der Waals surface area contributed by atoms with Crippen molar-refractivity contribution >= 4 is 11.7 Å². The smallest absolute Gasteiger partial charge is 0.356 e. The fourth-order valence-corrected chi connectivity index (χ4v) is 2.67. The summed E-state index contributed by atoms with van der Waals surface area (Å²) in [7, 11) is 0. The molecule has 0 aromatic carbocycles. The number of hydrogen-bond donors (Lipinski definition) is 1. The van der Waals surface area contributed by atoms with Gasteiger partial charge in [-0.25, -0.2) is 14.8 Å². The molecule has 1 unspecified atom stereocenters. The molecule has 0 saturated carbocycles. The van der Waals surface area contributed by atoms with Gasteiger partial charge in [-0.3, -0.25) is 0 Å². The van der Waals surface area contributed by atoms with Crippen LogP contribution in [0.25, 0.3) is 0 Å². The minimum atomic E-state index is -0.972. The van der Waals surface area contributed by atoms with Crippen molar-refractivity contribution < 1.29 is 9.90 Å². The van der Waals surface area contributed by atoms with E-state index in [1.165, 1.54) is 12.8 Å². The third-order valence-electron chi connectivity index (χ3n) is 3.87. The van der Waals surface area contributed by atoms with Crippen LogP contribution in [0.1, 0.15) is 68.7 Å². The summed E-state index contributed by atoms with van der Waals surface area (Å²) in [6, 6.07) is 0.337. The van der Waals surface area contributed by atoms with Gasteiger partial charge in [0, 0.05) is 18.5 Å². The zero-order valence-electron chi connectivity index (χ0n) is 12.5. The predicted molar refractivity (Wildman–Crippen MR) is 78.4 cm³/mol. The van der Waals surface area contributed by atoms with Gasteiger partial charge in [0.1, 0.15) is 5.82 Å². The molecule has 0 aliphatic carbocycles. The molecular weight excluding hydrogens is 254 g/mol. The molecule has 20 heavy (non-hydrogen) atoms. The molecule has 0 bridgehead atoms.